The van der Waals surface area contributed by atoms with E-state index in [0.717, 1.165) is 11.4 Å². The Balaban J connectivity index is 2.50. The highest BCUT2D eigenvalue weighted by molar-refractivity contribution is 9.10. The maximum atomic E-state index is 11.4. The highest BCUT2D eigenvalue weighted by Gasteiger charge is 2.05. The Bertz CT molecular complexity index is 513. The van der Waals surface area contributed by atoms with E-state index in [-0.39, 0.29) is 5.69 Å². The SMILES string of the molecule is COc1ccc(-n2c(Br)c[nH]c2=O)cc1. The van der Waals surface area contributed by atoms with Crippen molar-refractivity contribution in [3.05, 3.63) is 45.5 Å². The van der Waals surface area contributed by atoms with Crippen LogP contribution in [-0.4, -0.2) is 16.7 Å². The number of nitrogens with zero attached hydrogens (tertiary/aromatic N) is 1. The number of methoxy groups -OCH3 is 1. The Morgan fingerprint density at radius 3 is 2.47 bits per heavy atom. The molecule has 0 fully saturated rings. The first-order valence-electron chi connectivity index (χ1n) is 4.33. The molecule has 0 atom stereocenters. The number of rotatable bonds is 2. The van der Waals surface area contributed by atoms with Gasteiger partial charge in [0.2, 0.25) is 0 Å². The van der Waals surface area contributed by atoms with Gasteiger partial charge in [-0.3, -0.25) is 4.57 Å². The molecular weight excluding hydrogens is 260 g/mol. The van der Waals surface area contributed by atoms with Crippen molar-refractivity contribution in [2.45, 2.75) is 0 Å². The number of halogens is 1. The molecule has 0 saturated carbocycles. The molecule has 15 heavy (non-hydrogen) atoms. The molecule has 0 aliphatic rings. The highest BCUT2D eigenvalue weighted by atomic mass is 79.9. The number of H-pyrrole nitrogens is 1. The minimum Gasteiger partial charge on any atom is -0.497 e. The minimum atomic E-state index is -0.174. The number of aromatic amines is 1. The van der Waals surface area contributed by atoms with E-state index in [4.69, 9.17) is 4.74 Å². The maximum absolute atomic E-state index is 11.4. The molecular formula is C10H9BrN2O2. The molecule has 1 N–H and O–H groups in total. The normalized spacial score (nSPS) is 10.3. The third-order valence-corrected chi connectivity index (χ3v) is 2.65. The van der Waals surface area contributed by atoms with Crippen molar-refractivity contribution >= 4 is 15.9 Å². The molecule has 0 spiro atoms. The van der Waals surface area contributed by atoms with Gasteiger partial charge in [-0.1, -0.05) is 0 Å². The van der Waals surface area contributed by atoms with E-state index >= 15 is 0 Å². The zero-order valence-corrected chi connectivity index (χ0v) is 9.61. The largest absolute Gasteiger partial charge is 0.497 e. The van der Waals surface area contributed by atoms with Crippen LogP contribution in [0, 0.1) is 0 Å². The molecule has 4 nitrogen and oxygen atoms in total. The Labute approximate surface area is 94.6 Å². The molecule has 0 aliphatic heterocycles. The molecule has 1 aromatic heterocycles. The Kier molecular flexibility index (Phi) is 2.64. The number of nitrogens with one attached hydrogen (secondary N) is 1. The summed E-state index contributed by atoms with van der Waals surface area (Å²) >= 11 is 3.29. The Hall–Kier alpha value is -1.49. The van der Waals surface area contributed by atoms with E-state index in [2.05, 4.69) is 20.9 Å². The monoisotopic (exact) mass is 268 g/mol. The Morgan fingerprint density at radius 2 is 2.00 bits per heavy atom. The van der Waals surface area contributed by atoms with Gasteiger partial charge in [-0.05, 0) is 40.2 Å². The molecule has 1 heterocycles. The first-order chi connectivity index (χ1) is 7.22. The van der Waals surface area contributed by atoms with Gasteiger partial charge in [0, 0.05) is 6.20 Å². The van der Waals surface area contributed by atoms with E-state index in [1.807, 2.05) is 12.1 Å². The molecule has 78 valence electrons. The number of hydrogen-bond acceptors (Lipinski definition) is 2. The molecule has 0 saturated heterocycles. The molecule has 2 aromatic rings. The number of ether oxygens (including phenoxy) is 1. The number of benzene rings is 1. The van der Waals surface area contributed by atoms with Crippen LogP contribution in [0.5, 0.6) is 5.75 Å². The smallest absolute Gasteiger partial charge is 0.331 e. The predicted molar refractivity (Wildman–Crippen MR) is 60.6 cm³/mol. The highest BCUT2D eigenvalue weighted by Crippen LogP contribution is 2.17. The lowest BCUT2D eigenvalue weighted by atomic mass is 10.3. The number of aromatic nitrogens is 2. The van der Waals surface area contributed by atoms with Gasteiger partial charge >= 0.3 is 5.69 Å². The predicted octanol–water partition coefficient (Wildman–Crippen LogP) is 1.94. The summed E-state index contributed by atoms with van der Waals surface area (Å²) in [5.41, 5.74) is 0.612. The quantitative estimate of drug-likeness (QED) is 0.905. The summed E-state index contributed by atoms with van der Waals surface area (Å²) in [6.45, 7) is 0. The van der Waals surface area contributed by atoms with Crippen LogP contribution in [0.2, 0.25) is 0 Å². The zero-order chi connectivity index (χ0) is 10.8. The first kappa shape index (κ1) is 10.0. The van der Waals surface area contributed by atoms with Crippen LogP contribution in [-0.2, 0) is 0 Å². The second kappa shape index (κ2) is 3.94. The van der Waals surface area contributed by atoms with Gasteiger partial charge in [0.25, 0.3) is 0 Å². The van der Waals surface area contributed by atoms with Gasteiger partial charge < -0.3 is 9.72 Å². The fourth-order valence-corrected chi connectivity index (χ4v) is 1.80. The molecule has 0 bridgehead atoms. The molecule has 1 aromatic carbocycles. The van der Waals surface area contributed by atoms with Crippen LogP contribution in [0.25, 0.3) is 5.69 Å². The summed E-state index contributed by atoms with van der Waals surface area (Å²) in [6, 6.07) is 7.25. The topological polar surface area (TPSA) is 47.0 Å². The van der Waals surface area contributed by atoms with Crippen LogP contribution in [0.3, 0.4) is 0 Å². The standard InChI is InChI=1S/C10H9BrN2O2/c1-15-8-4-2-7(3-5-8)13-9(11)6-12-10(13)14/h2-6H,1H3,(H,12,14). The second-order valence-corrected chi connectivity index (χ2v) is 3.76. The third kappa shape index (κ3) is 1.83. The molecule has 5 heteroatoms. The van der Waals surface area contributed by atoms with E-state index in [1.54, 1.807) is 25.4 Å². The van der Waals surface area contributed by atoms with Crippen LogP contribution in [0.15, 0.2) is 39.9 Å². The zero-order valence-electron chi connectivity index (χ0n) is 8.03. The van der Waals surface area contributed by atoms with Crippen molar-refractivity contribution in [1.82, 2.24) is 9.55 Å². The fraction of sp³-hybridized carbons (Fsp3) is 0.100. The summed E-state index contributed by atoms with van der Waals surface area (Å²) in [7, 11) is 1.60. The molecule has 2 rings (SSSR count). The lowest BCUT2D eigenvalue weighted by molar-refractivity contribution is 0.414. The summed E-state index contributed by atoms with van der Waals surface area (Å²) in [4.78, 5) is 14.0. The van der Waals surface area contributed by atoms with Crippen molar-refractivity contribution in [2.75, 3.05) is 7.11 Å². The van der Waals surface area contributed by atoms with Crippen LogP contribution < -0.4 is 10.4 Å². The summed E-state index contributed by atoms with van der Waals surface area (Å²) in [6.07, 6.45) is 1.60. The van der Waals surface area contributed by atoms with Crippen molar-refractivity contribution < 1.29 is 4.74 Å². The average Bonchev–Trinajstić information content (AvgIpc) is 2.59. The van der Waals surface area contributed by atoms with Crippen molar-refractivity contribution in [1.29, 1.82) is 0 Å². The number of hydrogen-bond donors (Lipinski definition) is 1. The molecule has 0 amide bonds. The maximum Gasteiger partial charge on any atom is 0.331 e. The lowest BCUT2D eigenvalue weighted by Gasteiger charge is -2.04. The van der Waals surface area contributed by atoms with Crippen molar-refractivity contribution in [3.63, 3.8) is 0 Å². The van der Waals surface area contributed by atoms with Gasteiger partial charge in [0.1, 0.15) is 10.4 Å². The Morgan fingerprint density at radius 1 is 1.33 bits per heavy atom. The van der Waals surface area contributed by atoms with Crippen molar-refractivity contribution in [3.8, 4) is 11.4 Å². The van der Waals surface area contributed by atoms with Gasteiger partial charge in [0.05, 0.1) is 12.8 Å². The molecule has 0 unspecified atom stereocenters. The van der Waals surface area contributed by atoms with Gasteiger partial charge in [-0.15, -0.1) is 0 Å². The number of imidazole rings is 1. The van der Waals surface area contributed by atoms with Crippen LogP contribution in [0.4, 0.5) is 0 Å². The summed E-state index contributed by atoms with van der Waals surface area (Å²) in [5, 5.41) is 0. The van der Waals surface area contributed by atoms with E-state index in [1.165, 1.54) is 4.57 Å². The van der Waals surface area contributed by atoms with E-state index in [9.17, 15) is 4.79 Å². The van der Waals surface area contributed by atoms with Gasteiger partial charge in [-0.25, -0.2) is 4.79 Å². The summed E-state index contributed by atoms with van der Waals surface area (Å²) < 4.78 is 7.26. The molecule has 0 aliphatic carbocycles. The van der Waals surface area contributed by atoms with Crippen LogP contribution >= 0.6 is 15.9 Å². The lowest BCUT2D eigenvalue weighted by Crippen LogP contribution is -2.14. The second-order valence-electron chi connectivity index (χ2n) is 2.95. The average molecular weight is 269 g/mol. The van der Waals surface area contributed by atoms with Gasteiger partial charge in [0.15, 0.2) is 0 Å². The first-order valence-corrected chi connectivity index (χ1v) is 5.12. The van der Waals surface area contributed by atoms with E-state index < -0.39 is 0 Å². The third-order valence-electron chi connectivity index (χ3n) is 2.06. The summed E-state index contributed by atoms with van der Waals surface area (Å²) in [5.74, 6) is 0.762. The van der Waals surface area contributed by atoms with Crippen LogP contribution in [0.1, 0.15) is 0 Å². The van der Waals surface area contributed by atoms with Crippen molar-refractivity contribution in [2.24, 2.45) is 0 Å². The minimum absolute atomic E-state index is 0.174. The van der Waals surface area contributed by atoms with E-state index in [0.29, 0.717) is 4.60 Å². The fourth-order valence-electron chi connectivity index (χ4n) is 1.32. The van der Waals surface area contributed by atoms with Gasteiger partial charge in [-0.2, -0.15) is 0 Å². The molecule has 0 radical (unpaired) electrons.